The van der Waals surface area contributed by atoms with Gasteiger partial charge in [-0.05, 0) is 56.0 Å². The lowest BCUT2D eigenvalue weighted by Crippen LogP contribution is -2.11. The Morgan fingerprint density at radius 1 is 1.11 bits per heavy atom. The summed E-state index contributed by atoms with van der Waals surface area (Å²) in [5.74, 6) is 0.560. The Labute approximate surface area is 116 Å². The summed E-state index contributed by atoms with van der Waals surface area (Å²) < 4.78 is 2.22. The minimum absolute atomic E-state index is 0.560. The Kier molecular flexibility index (Phi) is 4.80. The van der Waals surface area contributed by atoms with Gasteiger partial charge in [0.15, 0.2) is 0 Å². The van der Waals surface area contributed by atoms with E-state index in [0.717, 1.165) is 19.4 Å². The van der Waals surface area contributed by atoms with Gasteiger partial charge in [-0.1, -0.05) is 24.3 Å². The summed E-state index contributed by atoms with van der Waals surface area (Å²) in [4.78, 5) is 0. The van der Waals surface area contributed by atoms with Crippen molar-refractivity contribution >= 4 is 0 Å². The Hall–Kier alpha value is -1.54. The summed E-state index contributed by atoms with van der Waals surface area (Å²) in [5.41, 5.74) is 10.0. The molecule has 2 rings (SSSR count). The molecule has 1 aromatic heterocycles. The van der Waals surface area contributed by atoms with Crippen molar-refractivity contribution in [3.63, 3.8) is 0 Å². The smallest absolute Gasteiger partial charge is 0.0203 e. The second kappa shape index (κ2) is 6.58. The van der Waals surface area contributed by atoms with Crippen molar-refractivity contribution in [2.45, 2.75) is 32.1 Å². The molecular formula is C17H24N2. The van der Waals surface area contributed by atoms with E-state index in [1.165, 1.54) is 23.2 Å². The molecule has 0 aliphatic rings. The van der Waals surface area contributed by atoms with Crippen LogP contribution in [0.25, 0.3) is 0 Å². The van der Waals surface area contributed by atoms with E-state index in [1.54, 1.807) is 0 Å². The molecule has 0 aliphatic heterocycles. The lowest BCUT2D eigenvalue weighted by molar-refractivity contribution is 0.551. The van der Waals surface area contributed by atoms with Crippen molar-refractivity contribution in [2.24, 2.45) is 12.8 Å². The number of aromatic nitrogens is 1. The number of rotatable bonds is 6. The normalized spacial score (nSPS) is 12.6. The summed E-state index contributed by atoms with van der Waals surface area (Å²) in [6, 6.07) is 13.0. The SMILES string of the molecule is Cc1ccccc1CCC(CCN)c1cccn1C. The largest absolute Gasteiger partial charge is 0.354 e. The molecule has 1 aromatic carbocycles. The zero-order valence-electron chi connectivity index (χ0n) is 12.0. The van der Waals surface area contributed by atoms with Crippen LogP contribution < -0.4 is 5.73 Å². The van der Waals surface area contributed by atoms with Gasteiger partial charge in [-0.15, -0.1) is 0 Å². The predicted octanol–water partition coefficient (Wildman–Crippen LogP) is 3.40. The van der Waals surface area contributed by atoms with E-state index in [9.17, 15) is 0 Å². The number of hydrogen-bond donors (Lipinski definition) is 1. The van der Waals surface area contributed by atoms with Gasteiger partial charge < -0.3 is 10.3 Å². The Bertz CT molecular complexity index is 513. The van der Waals surface area contributed by atoms with E-state index in [1.807, 2.05) is 0 Å². The second-order valence-corrected chi connectivity index (χ2v) is 5.28. The first-order chi connectivity index (χ1) is 9.22. The molecule has 1 heterocycles. The number of nitrogens with two attached hydrogens (primary N) is 1. The van der Waals surface area contributed by atoms with Crippen LogP contribution in [0.5, 0.6) is 0 Å². The highest BCUT2D eigenvalue weighted by Gasteiger charge is 2.13. The lowest BCUT2D eigenvalue weighted by atomic mass is 9.92. The van der Waals surface area contributed by atoms with Gasteiger partial charge in [-0.2, -0.15) is 0 Å². The molecule has 0 amide bonds. The lowest BCUT2D eigenvalue weighted by Gasteiger charge is -2.18. The van der Waals surface area contributed by atoms with Crippen LogP contribution in [0.4, 0.5) is 0 Å². The summed E-state index contributed by atoms with van der Waals surface area (Å²) in [7, 11) is 2.12. The van der Waals surface area contributed by atoms with Crippen molar-refractivity contribution < 1.29 is 0 Å². The summed E-state index contributed by atoms with van der Waals surface area (Å²) >= 11 is 0. The molecule has 0 aliphatic carbocycles. The zero-order valence-corrected chi connectivity index (χ0v) is 12.0. The standard InChI is InChI=1S/C17H24N2/c1-14-6-3-4-7-15(14)9-10-16(11-12-18)17-8-5-13-19(17)2/h3-8,13,16H,9-12,18H2,1-2H3. The Morgan fingerprint density at radius 3 is 2.53 bits per heavy atom. The van der Waals surface area contributed by atoms with Gasteiger partial charge in [0.2, 0.25) is 0 Å². The molecule has 0 radical (unpaired) electrons. The van der Waals surface area contributed by atoms with Crippen LogP contribution in [-0.4, -0.2) is 11.1 Å². The van der Waals surface area contributed by atoms with Crippen LogP contribution >= 0.6 is 0 Å². The summed E-state index contributed by atoms with van der Waals surface area (Å²) in [6.07, 6.45) is 5.47. The fourth-order valence-electron chi connectivity index (χ4n) is 2.76. The maximum atomic E-state index is 5.78. The molecule has 102 valence electrons. The van der Waals surface area contributed by atoms with Crippen molar-refractivity contribution in [3.8, 4) is 0 Å². The molecule has 2 heteroatoms. The molecule has 2 aromatic rings. The highest BCUT2D eigenvalue weighted by molar-refractivity contribution is 5.26. The molecule has 0 fully saturated rings. The first kappa shape index (κ1) is 13.9. The maximum Gasteiger partial charge on any atom is 0.0203 e. The average Bonchev–Trinajstić information content (AvgIpc) is 2.82. The molecular weight excluding hydrogens is 232 g/mol. The van der Waals surface area contributed by atoms with E-state index >= 15 is 0 Å². The van der Waals surface area contributed by atoms with Crippen LogP contribution in [-0.2, 0) is 13.5 Å². The average molecular weight is 256 g/mol. The van der Waals surface area contributed by atoms with E-state index in [2.05, 4.69) is 61.1 Å². The monoisotopic (exact) mass is 256 g/mol. The summed E-state index contributed by atoms with van der Waals surface area (Å²) in [5, 5.41) is 0. The van der Waals surface area contributed by atoms with E-state index in [0.29, 0.717) is 5.92 Å². The Morgan fingerprint density at radius 2 is 1.89 bits per heavy atom. The first-order valence-electron chi connectivity index (χ1n) is 7.08. The quantitative estimate of drug-likeness (QED) is 0.843. The van der Waals surface area contributed by atoms with Gasteiger partial charge in [0, 0.05) is 24.9 Å². The minimum Gasteiger partial charge on any atom is -0.354 e. The molecule has 0 spiro atoms. The minimum atomic E-state index is 0.560. The van der Waals surface area contributed by atoms with Crippen molar-refractivity contribution in [1.29, 1.82) is 0 Å². The van der Waals surface area contributed by atoms with Crippen molar-refractivity contribution in [2.75, 3.05) is 6.54 Å². The van der Waals surface area contributed by atoms with E-state index < -0.39 is 0 Å². The topological polar surface area (TPSA) is 30.9 Å². The molecule has 1 atom stereocenters. The molecule has 2 nitrogen and oxygen atoms in total. The van der Waals surface area contributed by atoms with Crippen LogP contribution in [0.1, 0.15) is 35.6 Å². The van der Waals surface area contributed by atoms with Gasteiger partial charge in [-0.25, -0.2) is 0 Å². The maximum absolute atomic E-state index is 5.78. The molecule has 0 bridgehead atoms. The van der Waals surface area contributed by atoms with Gasteiger partial charge in [0.1, 0.15) is 0 Å². The van der Waals surface area contributed by atoms with Crippen LogP contribution in [0, 0.1) is 6.92 Å². The number of benzene rings is 1. The second-order valence-electron chi connectivity index (χ2n) is 5.28. The summed E-state index contributed by atoms with van der Waals surface area (Å²) in [6.45, 7) is 2.94. The molecule has 1 unspecified atom stereocenters. The number of nitrogens with zero attached hydrogens (tertiary/aromatic N) is 1. The van der Waals surface area contributed by atoms with Crippen molar-refractivity contribution in [1.82, 2.24) is 4.57 Å². The van der Waals surface area contributed by atoms with Crippen molar-refractivity contribution in [3.05, 3.63) is 59.4 Å². The zero-order chi connectivity index (χ0) is 13.7. The fraction of sp³-hybridized carbons (Fsp3) is 0.412. The van der Waals surface area contributed by atoms with Gasteiger partial charge >= 0.3 is 0 Å². The fourth-order valence-corrected chi connectivity index (χ4v) is 2.76. The third kappa shape index (κ3) is 3.48. The highest BCUT2D eigenvalue weighted by Crippen LogP contribution is 2.25. The highest BCUT2D eigenvalue weighted by atomic mass is 14.9. The predicted molar refractivity (Wildman–Crippen MR) is 81.3 cm³/mol. The third-order valence-electron chi connectivity index (χ3n) is 3.94. The van der Waals surface area contributed by atoms with Crippen LogP contribution in [0.2, 0.25) is 0 Å². The van der Waals surface area contributed by atoms with Gasteiger partial charge in [-0.3, -0.25) is 0 Å². The molecule has 0 saturated heterocycles. The number of hydrogen-bond acceptors (Lipinski definition) is 1. The third-order valence-corrected chi connectivity index (χ3v) is 3.94. The van der Waals surface area contributed by atoms with Crippen LogP contribution in [0.3, 0.4) is 0 Å². The Balaban J connectivity index is 2.06. The van der Waals surface area contributed by atoms with Gasteiger partial charge in [0.05, 0.1) is 0 Å². The van der Waals surface area contributed by atoms with E-state index in [4.69, 9.17) is 5.73 Å². The number of aryl methyl sites for hydroxylation is 3. The van der Waals surface area contributed by atoms with E-state index in [-0.39, 0.29) is 0 Å². The van der Waals surface area contributed by atoms with Gasteiger partial charge in [0.25, 0.3) is 0 Å². The molecule has 0 saturated carbocycles. The first-order valence-corrected chi connectivity index (χ1v) is 7.08. The molecule has 2 N–H and O–H groups in total. The molecule has 19 heavy (non-hydrogen) atoms. The van der Waals surface area contributed by atoms with Crippen LogP contribution in [0.15, 0.2) is 42.6 Å².